The minimum atomic E-state index is -0.166. The van der Waals surface area contributed by atoms with Crippen molar-refractivity contribution in [1.82, 2.24) is 15.2 Å². The van der Waals surface area contributed by atoms with Crippen molar-refractivity contribution < 1.29 is 14.0 Å². The molecule has 6 nitrogen and oxygen atoms in total. The van der Waals surface area contributed by atoms with Crippen molar-refractivity contribution in [2.75, 3.05) is 13.1 Å². The van der Waals surface area contributed by atoms with Gasteiger partial charge in [0, 0.05) is 30.2 Å². The smallest absolute Gasteiger partial charge is 0.227 e. The number of likely N-dealkylation sites (tertiary alicyclic amines) is 1. The zero-order chi connectivity index (χ0) is 18.6. The minimum Gasteiger partial charge on any atom is -0.467 e. The molecule has 4 rings (SSSR count). The number of aromatic nitrogens is 1. The van der Waals surface area contributed by atoms with Crippen molar-refractivity contribution in [2.45, 2.75) is 25.8 Å². The van der Waals surface area contributed by atoms with E-state index in [0.717, 1.165) is 35.1 Å². The van der Waals surface area contributed by atoms with Crippen LogP contribution >= 0.6 is 0 Å². The molecule has 2 aromatic heterocycles. The fourth-order valence-corrected chi connectivity index (χ4v) is 3.70. The van der Waals surface area contributed by atoms with Crippen LogP contribution in [-0.2, 0) is 22.6 Å². The van der Waals surface area contributed by atoms with Crippen LogP contribution in [0.15, 0.2) is 53.3 Å². The summed E-state index contributed by atoms with van der Waals surface area (Å²) >= 11 is 0. The number of furan rings is 1. The first-order chi connectivity index (χ1) is 13.2. The summed E-state index contributed by atoms with van der Waals surface area (Å²) in [4.78, 5) is 30.3. The number of para-hydroxylation sites is 1. The molecule has 140 valence electrons. The lowest BCUT2D eigenvalue weighted by molar-refractivity contribution is -0.135. The predicted molar refractivity (Wildman–Crippen MR) is 102 cm³/mol. The number of hydrogen-bond donors (Lipinski definition) is 2. The average Bonchev–Trinajstić information content (AvgIpc) is 3.36. The van der Waals surface area contributed by atoms with Crippen molar-refractivity contribution in [1.29, 1.82) is 0 Å². The number of H-pyrrole nitrogens is 1. The molecular formula is C21H23N3O3. The van der Waals surface area contributed by atoms with E-state index in [2.05, 4.69) is 10.3 Å². The van der Waals surface area contributed by atoms with Gasteiger partial charge in [-0.05, 0) is 36.6 Å². The number of nitrogens with one attached hydrogen (secondary N) is 2. The highest BCUT2D eigenvalue weighted by Gasteiger charge is 2.28. The van der Waals surface area contributed by atoms with Crippen LogP contribution in [0.1, 0.15) is 24.2 Å². The van der Waals surface area contributed by atoms with Gasteiger partial charge in [-0.1, -0.05) is 18.2 Å². The van der Waals surface area contributed by atoms with E-state index in [1.54, 1.807) is 12.3 Å². The molecule has 0 saturated carbocycles. The molecular weight excluding hydrogens is 342 g/mol. The molecule has 1 atom stereocenters. The number of piperidine rings is 1. The molecule has 1 aliphatic rings. The predicted octanol–water partition coefficient (Wildman–Crippen LogP) is 2.86. The third kappa shape index (κ3) is 3.89. The van der Waals surface area contributed by atoms with Gasteiger partial charge in [-0.25, -0.2) is 0 Å². The highest BCUT2D eigenvalue weighted by molar-refractivity contribution is 5.89. The molecule has 0 radical (unpaired) electrons. The number of fused-ring (bicyclic) bond motifs is 1. The molecule has 0 bridgehead atoms. The standard InChI is InChI=1S/C21H23N3O3/c25-20(11-16-12-22-19-8-2-1-7-18(16)19)24-9-3-5-15(14-24)21(26)23-13-17-6-4-10-27-17/h1-2,4,6-8,10,12,15,22H,3,5,9,11,13-14H2,(H,23,26)/t15-/m1/s1. The van der Waals surface area contributed by atoms with Gasteiger partial charge in [-0.15, -0.1) is 0 Å². The van der Waals surface area contributed by atoms with E-state index >= 15 is 0 Å². The summed E-state index contributed by atoms with van der Waals surface area (Å²) in [5, 5.41) is 3.99. The Hall–Kier alpha value is -3.02. The molecule has 6 heteroatoms. The Morgan fingerprint density at radius 2 is 2.11 bits per heavy atom. The van der Waals surface area contributed by atoms with Crippen LogP contribution in [0.5, 0.6) is 0 Å². The molecule has 0 unspecified atom stereocenters. The van der Waals surface area contributed by atoms with Crippen molar-refractivity contribution in [3.05, 3.63) is 60.2 Å². The lowest BCUT2D eigenvalue weighted by Crippen LogP contribution is -2.45. The van der Waals surface area contributed by atoms with E-state index in [-0.39, 0.29) is 17.7 Å². The highest BCUT2D eigenvalue weighted by atomic mass is 16.3. The van der Waals surface area contributed by atoms with Gasteiger partial charge >= 0.3 is 0 Å². The quantitative estimate of drug-likeness (QED) is 0.730. The van der Waals surface area contributed by atoms with Gasteiger partial charge in [-0.2, -0.15) is 0 Å². The second-order valence-electron chi connectivity index (χ2n) is 7.01. The highest BCUT2D eigenvalue weighted by Crippen LogP contribution is 2.21. The topological polar surface area (TPSA) is 78.3 Å². The van der Waals surface area contributed by atoms with Crippen LogP contribution in [0, 0.1) is 5.92 Å². The summed E-state index contributed by atoms with van der Waals surface area (Å²) in [6.45, 7) is 1.57. The molecule has 27 heavy (non-hydrogen) atoms. The SMILES string of the molecule is O=C(NCc1ccco1)[C@@H]1CCCN(C(=O)Cc2c[nH]c3ccccc23)C1. The van der Waals surface area contributed by atoms with Gasteiger partial charge in [0.15, 0.2) is 0 Å². The average molecular weight is 365 g/mol. The molecule has 1 aliphatic heterocycles. The molecule has 2 amide bonds. The minimum absolute atomic E-state index is 0.0176. The monoisotopic (exact) mass is 365 g/mol. The zero-order valence-corrected chi connectivity index (χ0v) is 15.1. The number of nitrogens with zero attached hydrogens (tertiary/aromatic N) is 1. The summed E-state index contributed by atoms with van der Waals surface area (Å²) in [5.74, 6) is 0.617. The second kappa shape index (κ2) is 7.70. The van der Waals surface area contributed by atoms with Crippen molar-refractivity contribution in [2.24, 2.45) is 5.92 Å². The first-order valence-corrected chi connectivity index (χ1v) is 9.33. The van der Waals surface area contributed by atoms with Crippen LogP contribution in [-0.4, -0.2) is 34.8 Å². The lowest BCUT2D eigenvalue weighted by Gasteiger charge is -2.32. The van der Waals surface area contributed by atoms with Gasteiger partial charge in [0.25, 0.3) is 0 Å². The summed E-state index contributed by atoms with van der Waals surface area (Å²) < 4.78 is 5.24. The van der Waals surface area contributed by atoms with Crippen molar-refractivity contribution >= 4 is 22.7 Å². The van der Waals surface area contributed by atoms with Gasteiger partial charge in [-0.3, -0.25) is 9.59 Å². The Morgan fingerprint density at radius 3 is 2.96 bits per heavy atom. The maximum absolute atomic E-state index is 12.8. The number of carbonyl (C=O) groups is 2. The molecule has 0 spiro atoms. The molecule has 0 aliphatic carbocycles. The van der Waals surface area contributed by atoms with Crippen LogP contribution in [0.3, 0.4) is 0 Å². The molecule has 3 aromatic rings. The summed E-state index contributed by atoms with van der Waals surface area (Å²) in [6.07, 6.45) is 5.50. The number of hydrogen-bond acceptors (Lipinski definition) is 3. The Morgan fingerprint density at radius 1 is 1.22 bits per heavy atom. The summed E-state index contributed by atoms with van der Waals surface area (Å²) in [5.41, 5.74) is 2.04. The first-order valence-electron chi connectivity index (χ1n) is 9.33. The fourth-order valence-electron chi connectivity index (χ4n) is 3.70. The molecule has 1 aromatic carbocycles. The fraction of sp³-hybridized carbons (Fsp3) is 0.333. The largest absolute Gasteiger partial charge is 0.467 e. The molecule has 1 saturated heterocycles. The Balaban J connectivity index is 1.35. The number of benzene rings is 1. The van der Waals surface area contributed by atoms with E-state index in [1.165, 1.54) is 0 Å². The normalized spacial score (nSPS) is 17.2. The molecule has 2 N–H and O–H groups in total. The van der Waals surface area contributed by atoms with Gasteiger partial charge in [0.1, 0.15) is 5.76 Å². The third-order valence-corrected chi connectivity index (χ3v) is 5.18. The van der Waals surface area contributed by atoms with E-state index in [1.807, 2.05) is 41.4 Å². The Bertz CT molecular complexity index is 929. The van der Waals surface area contributed by atoms with Gasteiger partial charge in [0.2, 0.25) is 11.8 Å². The van der Waals surface area contributed by atoms with E-state index in [4.69, 9.17) is 4.42 Å². The number of carbonyl (C=O) groups excluding carboxylic acids is 2. The van der Waals surface area contributed by atoms with E-state index < -0.39 is 0 Å². The number of rotatable bonds is 5. The van der Waals surface area contributed by atoms with Crippen molar-refractivity contribution in [3.63, 3.8) is 0 Å². The Labute approximate surface area is 157 Å². The van der Waals surface area contributed by atoms with Crippen LogP contribution < -0.4 is 5.32 Å². The van der Waals surface area contributed by atoms with Crippen molar-refractivity contribution in [3.8, 4) is 0 Å². The summed E-state index contributed by atoms with van der Waals surface area (Å²) in [7, 11) is 0. The molecule has 3 heterocycles. The second-order valence-corrected chi connectivity index (χ2v) is 7.01. The van der Waals surface area contributed by atoms with Crippen LogP contribution in [0.25, 0.3) is 10.9 Å². The zero-order valence-electron chi connectivity index (χ0n) is 15.1. The van der Waals surface area contributed by atoms with Gasteiger partial charge < -0.3 is 19.6 Å². The van der Waals surface area contributed by atoms with Crippen LogP contribution in [0.2, 0.25) is 0 Å². The summed E-state index contributed by atoms with van der Waals surface area (Å²) in [6, 6.07) is 11.6. The number of aromatic amines is 1. The lowest BCUT2D eigenvalue weighted by atomic mass is 9.96. The Kier molecular flexibility index (Phi) is 4.96. The van der Waals surface area contributed by atoms with Gasteiger partial charge in [0.05, 0.1) is 25.1 Å². The maximum Gasteiger partial charge on any atom is 0.227 e. The van der Waals surface area contributed by atoms with E-state index in [9.17, 15) is 9.59 Å². The van der Waals surface area contributed by atoms with Crippen LogP contribution in [0.4, 0.5) is 0 Å². The third-order valence-electron chi connectivity index (χ3n) is 5.18. The maximum atomic E-state index is 12.8. The first kappa shape index (κ1) is 17.4. The van der Waals surface area contributed by atoms with E-state index in [0.29, 0.717) is 26.1 Å². The number of amides is 2. The molecule has 1 fully saturated rings.